The molecule has 2 amide bonds. The molecule has 0 fully saturated rings. The lowest BCUT2D eigenvalue weighted by Gasteiger charge is -2.22. The second-order valence-corrected chi connectivity index (χ2v) is 9.72. The molecule has 0 atom stereocenters. The van der Waals surface area contributed by atoms with Gasteiger partial charge in [0.25, 0.3) is 11.8 Å². The fourth-order valence-electron chi connectivity index (χ4n) is 4.06. The van der Waals surface area contributed by atoms with Gasteiger partial charge < -0.3 is 33.7 Å². The summed E-state index contributed by atoms with van der Waals surface area (Å²) >= 11 is 1.53. The zero-order chi connectivity index (χ0) is 28.5. The molecule has 1 N–H and O–H groups in total. The predicted octanol–water partition coefficient (Wildman–Crippen LogP) is 4.59. The van der Waals surface area contributed by atoms with Crippen LogP contribution in [0.25, 0.3) is 0 Å². The maximum atomic E-state index is 13.7. The summed E-state index contributed by atoms with van der Waals surface area (Å²) in [6, 6.07) is 16.3. The SMILES string of the molecule is COc1ccc(CCNC(=O)c2cc(CN(Cc3cccs3)C(=O)c3cc(OC)c(OC)c(OC)c3)on2)cc1. The van der Waals surface area contributed by atoms with Gasteiger partial charge in [-0.15, -0.1) is 11.3 Å². The van der Waals surface area contributed by atoms with Crippen LogP contribution in [0.3, 0.4) is 0 Å². The van der Waals surface area contributed by atoms with Gasteiger partial charge in [-0.1, -0.05) is 23.4 Å². The van der Waals surface area contributed by atoms with Crippen molar-refractivity contribution in [2.75, 3.05) is 35.0 Å². The summed E-state index contributed by atoms with van der Waals surface area (Å²) in [7, 11) is 6.11. The number of benzene rings is 2. The number of methoxy groups -OCH3 is 4. The monoisotopic (exact) mass is 565 g/mol. The van der Waals surface area contributed by atoms with Crippen molar-refractivity contribution in [3.63, 3.8) is 0 Å². The average Bonchev–Trinajstić information content (AvgIpc) is 3.68. The van der Waals surface area contributed by atoms with E-state index in [-0.39, 0.29) is 24.1 Å². The standard InChI is InChI=1S/C29H31N3O7S/c1-35-21-9-7-19(8-10-21)11-12-30-28(33)24-16-22(39-31-24)17-32(18-23-6-5-13-40-23)29(34)20-14-25(36-2)27(38-4)26(15-20)37-3/h5-10,13-16H,11-12,17-18H2,1-4H3,(H,30,33). The molecule has 4 aromatic rings. The van der Waals surface area contributed by atoms with Crippen molar-refractivity contribution < 1.29 is 33.1 Å². The minimum absolute atomic E-state index is 0.0967. The van der Waals surface area contributed by atoms with E-state index in [0.717, 1.165) is 16.2 Å². The zero-order valence-corrected chi connectivity index (χ0v) is 23.6. The van der Waals surface area contributed by atoms with Crippen molar-refractivity contribution in [3.8, 4) is 23.0 Å². The Kier molecular flexibility index (Phi) is 9.63. The first-order valence-electron chi connectivity index (χ1n) is 12.4. The second kappa shape index (κ2) is 13.5. The third-order valence-corrected chi connectivity index (χ3v) is 6.98. The Morgan fingerprint density at radius 1 is 0.925 bits per heavy atom. The highest BCUT2D eigenvalue weighted by molar-refractivity contribution is 7.09. The van der Waals surface area contributed by atoms with E-state index < -0.39 is 0 Å². The molecule has 10 nitrogen and oxygen atoms in total. The lowest BCUT2D eigenvalue weighted by molar-refractivity contribution is 0.0714. The minimum atomic E-state index is -0.357. The third-order valence-electron chi connectivity index (χ3n) is 6.12. The van der Waals surface area contributed by atoms with E-state index in [1.165, 1.54) is 32.7 Å². The van der Waals surface area contributed by atoms with Crippen LogP contribution in [0.4, 0.5) is 0 Å². The van der Waals surface area contributed by atoms with Crippen molar-refractivity contribution in [2.45, 2.75) is 19.5 Å². The number of aromatic nitrogens is 1. The summed E-state index contributed by atoms with van der Waals surface area (Å²) in [5.74, 6) is 1.64. The van der Waals surface area contributed by atoms with Crippen LogP contribution in [0.1, 0.15) is 37.0 Å². The lowest BCUT2D eigenvalue weighted by Crippen LogP contribution is -2.30. The molecule has 2 aromatic heterocycles. The third kappa shape index (κ3) is 6.92. The molecule has 4 rings (SSSR count). The van der Waals surface area contributed by atoms with E-state index in [9.17, 15) is 9.59 Å². The zero-order valence-electron chi connectivity index (χ0n) is 22.8. The van der Waals surface area contributed by atoms with Crippen molar-refractivity contribution >= 4 is 23.2 Å². The average molecular weight is 566 g/mol. The first kappa shape index (κ1) is 28.5. The van der Waals surface area contributed by atoms with E-state index in [0.29, 0.717) is 48.1 Å². The Morgan fingerprint density at radius 2 is 1.65 bits per heavy atom. The summed E-state index contributed by atoms with van der Waals surface area (Å²) in [4.78, 5) is 29.0. The van der Waals surface area contributed by atoms with E-state index in [1.54, 1.807) is 30.2 Å². The van der Waals surface area contributed by atoms with Crippen molar-refractivity contribution in [2.24, 2.45) is 0 Å². The normalized spacial score (nSPS) is 10.6. The predicted molar refractivity (Wildman–Crippen MR) is 150 cm³/mol. The Morgan fingerprint density at radius 3 is 2.25 bits per heavy atom. The highest BCUT2D eigenvalue weighted by Gasteiger charge is 2.24. The summed E-state index contributed by atoms with van der Waals surface area (Å²) in [5, 5.41) is 8.73. The molecule has 0 aliphatic heterocycles. The molecule has 0 saturated carbocycles. The first-order chi connectivity index (χ1) is 19.4. The van der Waals surface area contributed by atoms with Gasteiger partial charge in [0.2, 0.25) is 5.75 Å². The van der Waals surface area contributed by atoms with Gasteiger partial charge in [-0.3, -0.25) is 9.59 Å². The summed E-state index contributed by atoms with van der Waals surface area (Å²) in [6.45, 7) is 0.855. The molecule has 0 radical (unpaired) electrons. The number of hydrogen-bond acceptors (Lipinski definition) is 9. The quantitative estimate of drug-likeness (QED) is 0.251. The Labute approximate surface area is 236 Å². The number of nitrogens with zero attached hydrogens (tertiary/aromatic N) is 2. The van der Waals surface area contributed by atoms with E-state index in [4.69, 9.17) is 23.5 Å². The van der Waals surface area contributed by atoms with Crippen LogP contribution in [0.5, 0.6) is 23.0 Å². The smallest absolute Gasteiger partial charge is 0.273 e. The number of hydrogen-bond donors (Lipinski definition) is 1. The molecule has 40 heavy (non-hydrogen) atoms. The highest BCUT2D eigenvalue weighted by Crippen LogP contribution is 2.38. The number of thiophene rings is 1. The van der Waals surface area contributed by atoms with Gasteiger partial charge in [0.05, 0.1) is 41.5 Å². The number of rotatable bonds is 13. The first-order valence-corrected chi connectivity index (χ1v) is 13.3. The van der Waals surface area contributed by atoms with Gasteiger partial charge in [-0.05, 0) is 47.7 Å². The Balaban J connectivity index is 1.46. The maximum absolute atomic E-state index is 13.7. The van der Waals surface area contributed by atoms with Crippen LogP contribution in [-0.2, 0) is 19.5 Å². The summed E-state index contributed by atoms with van der Waals surface area (Å²) < 4.78 is 26.8. The van der Waals surface area contributed by atoms with Gasteiger partial charge in [0.1, 0.15) is 5.75 Å². The topological polar surface area (TPSA) is 112 Å². The van der Waals surface area contributed by atoms with Crippen molar-refractivity contribution in [3.05, 3.63) is 87.4 Å². The summed E-state index contributed by atoms with van der Waals surface area (Å²) in [5.41, 5.74) is 1.56. The fourth-order valence-corrected chi connectivity index (χ4v) is 4.78. The van der Waals surface area contributed by atoms with Crippen LogP contribution >= 0.6 is 11.3 Å². The Hall–Kier alpha value is -4.51. The number of amides is 2. The summed E-state index contributed by atoms with van der Waals surface area (Å²) in [6.07, 6.45) is 0.651. The minimum Gasteiger partial charge on any atom is -0.497 e. The number of nitrogens with one attached hydrogen (secondary N) is 1. The van der Waals surface area contributed by atoms with Gasteiger partial charge in [-0.2, -0.15) is 0 Å². The van der Waals surface area contributed by atoms with Crippen LogP contribution in [0.15, 0.2) is 64.5 Å². The molecule has 0 bridgehead atoms. The van der Waals surface area contributed by atoms with Gasteiger partial charge in [0.15, 0.2) is 23.0 Å². The van der Waals surface area contributed by atoms with Gasteiger partial charge in [0, 0.05) is 23.1 Å². The lowest BCUT2D eigenvalue weighted by atomic mass is 10.1. The Bertz CT molecular complexity index is 1390. The van der Waals surface area contributed by atoms with Crippen molar-refractivity contribution in [1.29, 1.82) is 0 Å². The fraction of sp³-hybridized carbons (Fsp3) is 0.276. The molecule has 2 aromatic carbocycles. The van der Waals surface area contributed by atoms with E-state index in [1.807, 2.05) is 41.8 Å². The van der Waals surface area contributed by atoms with Crippen LogP contribution in [0, 0.1) is 0 Å². The number of carbonyl (C=O) groups excluding carboxylic acids is 2. The number of carbonyl (C=O) groups is 2. The molecule has 0 unspecified atom stereocenters. The largest absolute Gasteiger partial charge is 0.497 e. The van der Waals surface area contributed by atoms with Crippen molar-refractivity contribution in [1.82, 2.24) is 15.4 Å². The second-order valence-electron chi connectivity index (χ2n) is 8.69. The molecule has 11 heteroatoms. The molecule has 2 heterocycles. The molecule has 210 valence electrons. The molecule has 0 aliphatic carbocycles. The van der Waals surface area contributed by atoms with Crippen LogP contribution in [-0.4, -0.2) is 56.9 Å². The van der Waals surface area contributed by atoms with E-state index >= 15 is 0 Å². The molecule has 0 spiro atoms. The van der Waals surface area contributed by atoms with Gasteiger partial charge in [-0.25, -0.2) is 0 Å². The highest BCUT2D eigenvalue weighted by atomic mass is 32.1. The van der Waals surface area contributed by atoms with Crippen LogP contribution < -0.4 is 24.3 Å². The number of ether oxygens (including phenoxy) is 4. The van der Waals surface area contributed by atoms with Crippen LogP contribution in [0.2, 0.25) is 0 Å². The van der Waals surface area contributed by atoms with E-state index in [2.05, 4.69) is 10.5 Å². The maximum Gasteiger partial charge on any atom is 0.273 e. The molecule has 0 saturated heterocycles. The van der Waals surface area contributed by atoms with Gasteiger partial charge >= 0.3 is 0 Å². The molecular formula is C29H31N3O7S. The molecule has 0 aliphatic rings. The molecular weight excluding hydrogens is 534 g/mol.